The summed E-state index contributed by atoms with van der Waals surface area (Å²) in [6.07, 6.45) is 1.64. The lowest BCUT2D eigenvalue weighted by atomic mass is 10.2. The summed E-state index contributed by atoms with van der Waals surface area (Å²) in [5.41, 5.74) is 1.11. The summed E-state index contributed by atoms with van der Waals surface area (Å²) in [7, 11) is 3.59. The number of carbonyl (C=O) groups is 1. The number of rotatable bonds is 6. The van der Waals surface area contributed by atoms with Crippen LogP contribution >= 0.6 is 39.9 Å². The van der Waals surface area contributed by atoms with Crippen LogP contribution in [-0.4, -0.2) is 43.4 Å². The maximum absolute atomic E-state index is 12.2. The van der Waals surface area contributed by atoms with E-state index < -0.39 is 0 Å². The molecule has 1 aliphatic carbocycles. The van der Waals surface area contributed by atoms with Crippen molar-refractivity contribution < 1.29 is 4.79 Å². The lowest BCUT2D eigenvalue weighted by Crippen LogP contribution is -2.40. The van der Waals surface area contributed by atoms with Crippen molar-refractivity contribution in [3.63, 3.8) is 0 Å². The molecular weight excluding hydrogens is 483 g/mol. The van der Waals surface area contributed by atoms with Gasteiger partial charge in [0.25, 0.3) is 0 Å². The van der Waals surface area contributed by atoms with E-state index in [2.05, 4.69) is 38.5 Å². The molecule has 0 saturated heterocycles. The molecule has 1 amide bonds. The standard InChI is InChI=1S/C17H25BrN4O.HI/c1-12-10-15(12)21-17(19-2)20-9-8-16(23)22(3)11-13-6-4-5-7-14(13)18;/h4-7,12,15H,8-11H2,1-3H3,(H2,19,20,21);1H. The number of nitrogens with zero attached hydrogens (tertiary/aromatic N) is 2. The zero-order valence-electron chi connectivity index (χ0n) is 14.4. The quantitative estimate of drug-likeness (QED) is 0.353. The van der Waals surface area contributed by atoms with Crippen molar-refractivity contribution in [2.75, 3.05) is 20.6 Å². The van der Waals surface area contributed by atoms with Crippen LogP contribution in [0.15, 0.2) is 33.7 Å². The van der Waals surface area contributed by atoms with Crippen molar-refractivity contribution >= 4 is 51.8 Å². The van der Waals surface area contributed by atoms with Crippen LogP contribution in [0, 0.1) is 5.92 Å². The Kier molecular flexibility index (Phi) is 9.04. The van der Waals surface area contributed by atoms with Gasteiger partial charge in [-0.3, -0.25) is 9.79 Å². The molecule has 0 spiro atoms. The van der Waals surface area contributed by atoms with Crippen LogP contribution in [-0.2, 0) is 11.3 Å². The molecule has 134 valence electrons. The number of hydrogen-bond acceptors (Lipinski definition) is 2. The van der Waals surface area contributed by atoms with Crippen molar-refractivity contribution in [1.29, 1.82) is 0 Å². The van der Waals surface area contributed by atoms with E-state index >= 15 is 0 Å². The molecule has 2 rings (SSSR count). The predicted octanol–water partition coefficient (Wildman–Crippen LogP) is 2.99. The Balaban J connectivity index is 0.00000288. The van der Waals surface area contributed by atoms with Gasteiger partial charge in [0.1, 0.15) is 0 Å². The van der Waals surface area contributed by atoms with Crippen molar-refractivity contribution in [2.45, 2.75) is 32.4 Å². The lowest BCUT2D eigenvalue weighted by Gasteiger charge is -2.19. The summed E-state index contributed by atoms with van der Waals surface area (Å²) in [5, 5.41) is 6.55. The van der Waals surface area contributed by atoms with Crippen molar-refractivity contribution in [1.82, 2.24) is 15.5 Å². The van der Waals surface area contributed by atoms with Gasteiger partial charge in [0.15, 0.2) is 5.96 Å². The smallest absolute Gasteiger partial charge is 0.224 e. The van der Waals surface area contributed by atoms with E-state index in [1.807, 2.05) is 31.3 Å². The van der Waals surface area contributed by atoms with Crippen molar-refractivity contribution in [3.05, 3.63) is 34.3 Å². The highest BCUT2D eigenvalue weighted by molar-refractivity contribution is 14.0. The minimum absolute atomic E-state index is 0. The van der Waals surface area contributed by atoms with Gasteiger partial charge >= 0.3 is 0 Å². The van der Waals surface area contributed by atoms with Crippen LogP contribution < -0.4 is 10.6 Å². The second-order valence-electron chi connectivity index (χ2n) is 6.05. The summed E-state index contributed by atoms with van der Waals surface area (Å²) < 4.78 is 1.03. The Morgan fingerprint density at radius 3 is 2.67 bits per heavy atom. The Hall–Kier alpha value is -0.830. The van der Waals surface area contributed by atoms with E-state index in [-0.39, 0.29) is 29.9 Å². The van der Waals surface area contributed by atoms with Gasteiger partial charge in [-0.25, -0.2) is 0 Å². The Labute approximate surface area is 169 Å². The van der Waals surface area contributed by atoms with Crippen molar-refractivity contribution in [3.8, 4) is 0 Å². The van der Waals surface area contributed by atoms with Gasteiger partial charge in [-0.15, -0.1) is 24.0 Å². The number of amides is 1. The predicted molar refractivity (Wildman–Crippen MR) is 113 cm³/mol. The maximum Gasteiger partial charge on any atom is 0.224 e. The monoisotopic (exact) mass is 508 g/mol. The van der Waals surface area contributed by atoms with Crippen LogP contribution in [0.1, 0.15) is 25.3 Å². The van der Waals surface area contributed by atoms with Crippen LogP contribution in [0.25, 0.3) is 0 Å². The van der Waals surface area contributed by atoms with Gasteiger partial charge in [0.05, 0.1) is 0 Å². The molecule has 0 aliphatic heterocycles. The number of halogens is 2. The number of benzene rings is 1. The van der Waals surface area contributed by atoms with E-state index in [0.717, 1.165) is 16.0 Å². The van der Waals surface area contributed by atoms with E-state index in [0.29, 0.717) is 31.5 Å². The molecule has 24 heavy (non-hydrogen) atoms. The third-order valence-corrected chi connectivity index (χ3v) is 4.85. The molecule has 0 radical (unpaired) electrons. The van der Waals surface area contributed by atoms with Crippen LogP contribution in [0.5, 0.6) is 0 Å². The highest BCUT2D eigenvalue weighted by atomic mass is 127. The molecule has 0 heterocycles. The average molecular weight is 509 g/mol. The third kappa shape index (κ3) is 6.58. The van der Waals surface area contributed by atoms with Gasteiger partial charge in [0.2, 0.25) is 5.91 Å². The molecule has 2 unspecified atom stereocenters. The summed E-state index contributed by atoms with van der Waals surface area (Å²) >= 11 is 3.51. The SMILES string of the molecule is CN=C(NCCC(=O)N(C)Cc1ccccc1Br)NC1CC1C.I. The largest absolute Gasteiger partial charge is 0.356 e. The third-order valence-electron chi connectivity index (χ3n) is 4.08. The number of hydrogen-bond donors (Lipinski definition) is 2. The number of aliphatic imine (C=N–C) groups is 1. The number of guanidine groups is 1. The Bertz CT molecular complexity index is 581. The van der Waals surface area contributed by atoms with Gasteiger partial charge in [-0.2, -0.15) is 0 Å². The minimum atomic E-state index is 0. The second kappa shape index (κ2) is 10.2. The molecule has 1 fully saturated rings. The molecular formula is C17H26BrIN4O. The van der Waals surface area contributed by atoms with E-state index in [1.54, 1.807) is 11.9 Å². The highest BCUT2D eigenvalue weighted by Crippen LogP contribution is 2.28. The number of carbonyl (C=O) groups excluding carboxylic acids is 1. The summed E-state index contributed by atoms with van der Waals surface area (Å²) in [6.45, 7) is 3.40. The molecule has 2 atom stereocenters. The normalized spacial score (nSPS) is 19.2. The van der Waals surface area contributed by atoms with Crippen LogP contribution in [0.4, 0.5) is 0 Å². The van der Waals surface area contributed by atoms with Crippen molar-refractivity contribution in [2.24, 2.45) is 10.9 Å². The fourth-order valence-corrected chi connectivity index (χ4v) is 2.75. The van der Waals surface area contributed by atoms with Gasteiger partial charge in [-0.1, -0.05) is 41.1 Å². The first-order chi connectivity index (χ1) is 11.0. The summed E-state index contributed by atoms with van der Waals surface area (Å²) in [5.74, 6) is 1.61. The first kappa shape index (κ1) is 21.2. The molecule has 1 saturated carbocycles. The fourth-order valence-electron chi connectivity index (χ4n) is 2.34. The van der Waals surface area contributed by atoms with Crippen LogP contribution in [0.3, 0.4) is 0 Å². The van der Waals surface area contributed by atoms with E-state index in [9.17, 15) is 4.79 Å². The minimum Gasteiger partial charge on any atom is -0.356 e. The molecule has 0 bridgehead atoms. The highest BCUT2D eigenvalue weighted by Gasteiger charge is 2.33. The Morgan fingerprint density at radius 1 is 1.42 bits per heavy atom. The zero-order chi connectivity index (χ0) is 16.8. The molecule has 7 heteroatoms. The summed E-state index contributed by atoms with van der Waals surface area (Å²) in [4.78, 5) is 18.2. The maximum atomic E-state index is 12.2. The van der Waals surface area contributed by atoms with Crippen LogP contribution in [0.2, 0.25) is 0 Å². The number of nitrogens with one attached hydrogen (secondary N) is 2. The van der Waals surface area contributed by atoms with E-state index in [4.69, 9.17) is 0 Å². The van der Waals surface area contributed by atoms with Gasteiger partial charge in [-0.05, 0) is 24.0 Å². The summed E-state index contributed by atoms with van der Waals surface area (Å²) in [6, 6.07) is 8.49. The molecule has 1 aliphatic rings. The average Bonchev–Trinajstić information content (AvgIpc) is 3.23. The molecule has 1 aromatic carbocycles. The molecule has 5 nitrogen and oxygen atoms in total. The second-order valence-corrected chi connectivity index (χ2v) is 6.91. The Morgan fingerprint density at radius 2 is 2.08 bits per heavy atom. The lowest BCUT2D eigenvalue weighted by molar-refractivity contribution is -0.130. The van der Waals surface area contributed by atoms with Gasteiger partial charge in [0, 0.05) is 44.1 Å². The van der Waals surface area contributed by atoms with E-state index in [1.165, 1.54) is 6.42 Å². The topological polar surface area (TPSA) is 56.7 Å². The first-order valence-electron chi connectivity index (χ1n) is 7.95. The molecule has 2 N–H and O–H groups in total. The molecule has 0 aromatic heterocycles. The fraction of sp³-hybridized carbons (Fsp3) is 0.529. The molecule has 1 aromatic rings. The first-order valence-corrected chi connectivity index (χ1v) is 8.75. The zero-order valence-corrected chi connectivity index (χ0v) is 18.3. The van der Waals surface area contributed by atoms with Gasteiger partial charge < -0.3 is 15.5 Å².